The molecule has 0 saturated heterocycles. The summed E-state index contributed by atoms with van der Waals surface area (Å²) in [5, 5.41) is 4.98. The van der Waals surface area contributed by atoms with Crippen LogP contribution >= 0.6 is 12.2 Å². The Kier molecular flexibility index (Phi) is 3.23. The predicted octanol–water partition coefficient (Wildman–Crippen LogP) is 3.49. The van der Waals surface area contributed by atoms with Crippen LogP contribution in [0.4, 0.5) is 0 Å². The number of nitrogens with zero attached hydrogens (tertiary/aromatic N) is 1. The van der Waals surface area contributed by atoms with Gasteiger partial charge in [-0.25, -0.2) is 4.99 Å². The highest BCUT2D eigenvalue weighted by atomic mass is 32.1. The van der Waals surface area contributed by atoms with Gasteiger partial charge in [-0.2, -0.15) is 0 Å². The van der Waals surface area contributed by atoms with Crippen LogP contribution in [0.5, 0.6) is 0 Å². The Morgan fingerprint density at radius 3 is 2.73 bits per heavy atom. The number of hydrogen-bond acceptors (Lipinski definition) is 2. The first-order valence-corrected chi connectivity index (χ1v) is 5.33. The molecule has 0 radical (unpaired) electrons. The third-order valence-electron chi connectivity index (χ3n) is 2.44. The molecule has 0 atom stereocenters. The number of thiocarbonyl (C=S) groups is 1. The molecule has 0 aliphatic carbocycles. The average molecular weight is 213 g/mol. The van der Waals surface area contributed by atoms with Crippen molar-refractivity contribution in [2.75, 3.05) is 6.54 Å². The number of fused-ring (bicyclic) bond motifs is 1. The normalized spacial score (nSPS) is 9.87. The SMILES string of the molecule is S=C=NCCc1cccc2ccccc12. The van der Waals surface area contributed by atoms with Crippen molar-refractivity contribution in [2.45, 2.75) is 6.42 Å². The van der Waals surface area contributed by atoms with Crippen LogP contribution in [0.2, 0.25) is 0 Å². The van der Waals surface area contributed by atoms with Crippen LogP contribution in [-0.2, 0) is 6.42 Å². The zero-order chi connectivity index (χ0) is 10.5. The summed E-state index contributed by atoms with van der Waals surface area (Å²) in [6.07, 6.45) is 0.922. The van der Waals surface area contributed by atoms with E-state index in [1.807, 2.05) is 0 Å². The Morgan fingerprint density at radius 2 is 1.87 bits per heavy atom. The van der Waals surface area contributed by atoms with Crippen molar-refractivity contribution in [1.82, 2.24) is 0 Å². The fourth-order valence-corrected chi connectivity index (χ4v) is 1.82. The fourth-order valence-electron chi connectivity index (χ4n) is 1.73. The fraction of sp³-hybridized carbons (Fsp3) is 0.154. The predicted molar refractivity (Wildman–Crippen MR) is 67.5 cm³/mol. The van der Waals surface area contributed by atoms with Gasteiger partial charge in [-0.15, -0.1) is 0 Å². The summed E-state index contributed by atoms with van der Waals surface area (Å²) in [6.45, 7) is 0.720. The van der Waals surface area contributed by atoms with Crippen molar-refractivity contribution in [2.24, 2.45) is 4.99 Å². The first-order chi connectivity index (χ1) is 7.42. The third-order valence-corrected chi connectivity index (χ3v) is 2.57. The molecule has 0 bridgehead atoms. The molecule has 0 unspecified atom stereocenters. The Morgan fingerprint density at radius 1 is 1.07 bits per heavy atom. The van der Waals surface area contributed by atoms with Crippen molar-refractivity contribution in [1.29, 1.82) is 0 Å². The van der Waals surface area contributed by atoms with Gasteiger partial charge in [0.25, 0.3) is 0 Å². The molecule has 0 heterocycles. The molecule has 0 amide bonds. The molecule has 0 saturated carbocycles. The Bertz CT molecular complexity index is 507. The molecular formula is C13H11NS. The molecule has 74 valence electrons. The molecule has 0 spiro atoms. The minimum atomic E-state index is 0.720. The Balaban J connectivity index is 2.37. The molecule has 0 aliphatic rings. The van der Waals surface area contributed by atoms with E-state index in [2.05, 4.69) is 64.8 Å². The smallest absolute Gasteiger partial charge is 0.0585 e. The van der Waals surface area contributed by atoms with Gasteiger partial charge >= 0.3 is 0 Å². The van der Waals surface area contributed by atoms with Crippen LogP contribution in [0.3, 0.4) is 0 Å². The van der Waals surface area contributed by atoms with Crippen LogP contribution in [0.15, 0.2) is 47.5 Å². The number of benzene rings is 2. The summed E-state index contributed by atoms with van der Waals surface area (Å²) < 4.78 is 0. The highest BCUT2D eigenvalue weighted by molar-refractivity contribution is 7.78. The van der Waals surface area contributed by atoms with Gasteiger partial charge in [0.1, 0.15) is 0 Å². The minimum absolute atomic E-state index is 0.720. The molecule has 0 aliphatic heterocycles. The molecule has 1 nitrogen and oxygen atoms in total. The second kappa shape index (κ2) is 4.83. The molecule has 0 fully saturated rings. The first kappa shape index (κ1) is 10.0. The standard InChI is InChI=1S/C13H11NS/c15-10-14-9-8-12-6-3-5-11-4-1-2-7-13(11)12/h1-7H,8-9H2. The lowest BCUT2D eigenvalue weighted by atomic mass is 10.0. The first-order valence-electron chi connectivity index (χ1n) is 4.92. The summed E-state index contributed by atoms with van der Waals surface area (Å²) >= 11 is 4.55. The molecule has 2 rings (SSSR count). The quantitative estimate of drug-likeness (QED) is 0.561. The summed E-state index contributed by atoms with van der Waals surface area (Å²) in [5.41, 5.74) is 1.32. The zero-order valence-corrected chi connectivity index (χ0v) is 9.13. The third kappa shape index (κ3) is 2.30. The zero-order valence-electron chi connectivity index (χ0n) is 8.31. The monoisotopic (exact) mass is 213 g/mol. The van der Waals surface area contributed by atoms with E-state index in [1.54, 1.807) is 0 Å². The maximum absolute atomic E-state index is 4.55. The highest BCUT2D eigenvalue weighted by Crippen LogP contribution is 2.18. The van der Waals surface area contributed by atoms with Gasteiger partial charge in [-0.3, -0.25) is 0 Å². The Hall–Kier alpha value is -1.50. The van der Waals surface area contributed by atoms with Gasteiger partial charge < -0.3 is 0 Å². The van der Waals surface area contributed by atoms with Crippen molar-refractivity contribution in [3.8, 4) is 0 Å². The van der Waals surface area contributed by atoms with E-state index < -0.39 is 0 Å². The number of hydrogen-bond donors (Lipinski definition) is 0. The molecule has 2 aromatic carbocycles. The van der Waals surface area contributed by atoms with Gasteiger partial charge in [-0.1, -0.05) is 42.5 Å². The topological polar surface area (TPSA) is 12.4 Å². The second-order valence-electron chi connectivity index (χ2n) is 3.36. The van der Waals surface area contributed by atoms with Gasteiger partial charge in [0.15, 0.2) is 0 Å². The van der Waals surface area contributed by atoms with Crippen molar-refractivity contribution in [3.63, 3.8) is 0 Å². The molecular weight excluding hydrogens is 202 g/mol. The van der Waals surface area contributed by atoms with Gasteiger partial charge in [0, 0.05) is 0 Å². The largest absolute Gasteiger partial charge is 0.232 e. The summed E-state index contributed by atoms with van der Waals surface area (Å²) in [4.78, 5) is 3.94. The van der Waals surface area contributed by atoms with Crippen molar-refractivity contribution < 1.29 is 0 Å². The number of rotatable bonds is 3. The van der Waals surface area contributed by atoms with Gasteiger partial charge in [0.2, 0.25) is 0 Å². The number of isothiocyanates is 1. The maximum atomic E-state index is 4.55. The van der Waals surface area contributed by atoms with Crippen LogP contribution in [0.25, 0.3) is 10.8 Å². The number of aliphatic imine (C=N–C) groups is 1. The van der Waals surface area contributed by atoms with E-state index in [-0.39, 0.29) is 0 Å². The summed E-state index contributed by atoms with van der Waals surface area (Å²) in [6, 6.07) is 14.7. The van der Waals surface area contributed by atoms with Crippen molar-refractivity contribution in [3.05, 3.63) is 48.0 Å². The van der Waals surface area contributed by atoms with Crippen LogP contribution < -0.4 is 0 Å². The van der Waals surface area contributed by atoms with E-state index in [9.17, 15) is 0 Å². The maximum Gasteiger partial charge on any atom is 0.0585 e. The molecule has 2 aromatic rings. The molecule has 0 N–H and O–H groups in total. The molecule has 15 heavy (non-hydrogen) atoms. The van der Waals surface area contributed by atoms with Gasteiger partial charge in [-0.05, 0) is 35.0 Å². The van der Waals surface area contributed by atoms with E-state index in [1.165, 1.54) is 16.3 Å². The Labute approximate surface area is 94.5 Å². The van der Waals surface area contributed by atoms with Crippen LogP contribution in [-0.4, -0.2) is 11.7 Å². The van der Waals surface area contributed by atoms with Gasteiger partial charge in [0.05, 0.1) is 11.7 Å². The summed E-state index contributed by atoms with van der Waals surface area (Å²) in [7, 11) is 0. The molecule has 2 heteroatoms. The van der Waals surface area contributed by atoms with Crippen LogP contribution in [0.1, 0.15) is 5.56 Å². The lowest BCUT2D eigenvalue weighted by Crippen LogP contribution is -1.90. The lowest BCUT2D eigenvalue weighted by molar-refractivity contribution is 0.985. The minimum Gasteiger partial charge on any atom is -0.232 e. The van der Waals surface area contributed by atoms with E-state index in [0.29, 0.717) is 0 Å². The van der Waals surface area contributed by atoms with E-state index in [4.69, 9.17) is 0 Å². The summed E-state index contributed by atoms with van der Waals surface area (Å²) in [5.74, 6) is 0. The van der Waals surface area contributed by atoms with E-state index >= 15 is 0 Å². The highest BCUT2D eigenvalue weighted by Gasteiger charge is 1.98. The van der Waals surface area contributed by atoms with Crippen LogP contribution in [0, 0.1) is 0 Å². The second-order valence-corrected chi connectivity index (χ2v) is 3.54. The average Bonchev–Trinajstić information content (AvgIpc) is 2.30. The lowest BCUT2D eigenvalue weighted by Gasteiger charge is -2.03. The molecule has 0 aromatic heterocycles. The van der Waals surface area contributed by atoms with E-state index in [0.717, 1.165) is 13.0 Å². The van der Waals surface area contributed by atoms with Crippen molar-refractivity contribution >= 4 is 28.2 Å².